The second kappa shape index (κ2) is 5.54. The summed E-state index contributed by atoms with van der Waals surface area (Å²) in [6, 6.07) is 0. The minimum absolute atomic E-state index is 0.217. The second-order valence-corrected chi connectivity index (χ2v) is 3.46. The van der Waals surface area contributed by atoms with E-state index in [2.05, 4.69) is 11.8 Å². The summed E-state index contributed by atoms with van der Waals surface area (Å²) >= 11 is 0. The van der Waals surface area contributed by atoms with Gasteiger partial charge in [-0.25, -0.2) is 0 Å². The quantitative estimate of drug-likeness (QED) is 0.623. The monoisotopic (exact) mass is 189 g/mol. The molecule has 2 unspecified atom stereocenters. The first kappa shape index (κ1) is 10.9. The van der Waals surface area contributed by atoms with Gasteiger partial charge in [0.2, 0.25) is 0 Å². The lowest BCUT2D eigenvalue weighted by Gasteiger charge is -2.34. The van der Waals surface area contributed by atoms with Gasteiger partial charge in [-0.15, -0.1) is 0 Å². The molecule has 0 aliphatic carbocycles. The predicted molar refractivity (Wildman–Crippen MR) is 49.6 cm³/mol. The number of ether oxygens (including phenoxy) is 1. The SMILES string of the molecule is CCCN1CCOC(C(O)CO)C1. The normalized spacial score (nSPS) is 27.5. The Morgan fingerprint density at radius 2 is 2.38 bits per heavy atom. The summed E-state index contributed by atoms with van der Waals surface area (Å²) in [6.07, 6.45) is 0.159. The van der Waals surface area contributed by atoms with E-state index in [1.165, 1.54) is 0 Å². The van der Waals surface area contributed by atoms with Crippen LogP contribution in [0.4, 0.5) is 0 Å². The maximum absolute atomic E-state index is 9.37. The Balaban J connectivity index is 2.32. The fraction of sp³-hybridized carbons (Fsp3) is 1.00. The first-order valence-corrected chi connectivity index (χ1v) is 4.90. The molecular weight excluding hydrogens is 170 g/mol. The van der Waals surface area contributed by atoms with Crippen LogP contribution in [-0.4, -0.2) is 60.2 Å². The molecule has 2 N–H and O–H groups in total. The summed E-state index contributed by atoms with van der Waals surface area (Å²) in [5.41, 5.74) is 0. The number of hydrogen-bond donors (Lipinski definition) is 2. The van der Waals surface area contributed by atoms with Crippen LogP contribution in [0.5, 0.6) is 0 Å². The fourth-order valence-electron chi connectivity index (χ4n) is 1.60. The molecule has 1 saturated heterocycles. The number of rotatable bonds is 4. The second-order valence-electron chi connectivity index (χ2n) is 3.46. The zero-order valence-corrected chi connectivity index (χ0v) is 8.15. The third-order valence-electron chi connectivity index (χ3n) is 2.33. The van der Waals surface area contributed by atoms with Gasteiger partial charge in [-0.3, -0.25) is 4.90 Å². The van der Waals surface area contributed by atoms with E-state index in [0.29, 0.717) is 6.61 Å². The van der Waals surface area contributed by atoms with Gasteiger partial charge in [-0.1, -0.05) is 6.92 Å². The van der Waals surface area contributed by atoms with Crippen molar-refractivity contribution >= 4 is 0 Å². The van der Waals surface area contributed by atoms with E-state index in [4.69, 9.17) is 9.84 Å². The van der Waals surface area contributed by atoms with Gasteiger partial charge in [0.05, 0.1) is 19.3 Å². The van der Waals surface area contributed by atoms with Crippen molar-refractivity contribution < 1.29 is 14.9 Å². The number of aliphatic hydroxyl groups is 2. The van der Waals surface area contributed by atoms with Crippen LogP contribution in [0.3, 0.4) is 0 Å². The van der Waals surface area contributed by atoms with E-state index in [1.54, 1.807) is 0 Å². The molecule has 0 saturated carbocycles. The molecule has 1 aliphatic heterocycles. The van der Waals surface area contributed by atoms with Crippen LogP contribution in [0.2, 0.25) is 0 Å². The minimum atomic E-state index is -0.736. The molecule has 0 aromatic carbocycles. The standard InChI is InChI=1S/C9H19NO3/c1-2-3-10-4-5-13-9(6-10)8(12)7-11/h8-9,11-12H,2-7H2,1H3. The van der Waals surface area contributed by atoms with Crippen LogP contribution in [-0.2, 0) is 4.74 Å². The van der Waals surface area contributed by atoms with E-state index in [1.807, 2.05) is 0 Å². The number of nitrogens with zero attached hydrogens (tertiary/aromatic N) is 1. The van der Waals surface area contributed by atoms with Crippen LogP contribution in [0, 0.1) is 0 Å². The fourth-order valence-corrected chi connectivity index (χ4v) is 1.60. The maximum atomic E-state index is 9.37. The van der Waals surface area contributed by atoms with Crippen LogP contribution < -0.4 is 0 Å². The van der Waals surface area contributed by atoms with E-state index in [0.717, 1.165) is 26.1 Å². The molecular formula is C9H19NO3. The Hall–Kier alpha value is -0.160. The van der Waals surface area contributed by atoms with Crippen molar-refractivity contribution in [3.63, 3.8) is 0 Å². The minimum Gasteiger partial charge on any atom is -0.394 e. The highest BCUT2D eigenvalue weighted by Gasteiger charge is 2.25. The third kappa shape index (κ3) is 3.23. The molecule has 1 heterocycles. The van der Waals surface area contributed by atoms with Crippen molar-refractivity contribution in [3.8, 4) is 0 Å². The summed E-state index contributed by atoms with van der Waals surface area (Å²) in [4.78, 5) is 2.26. The van der Waals surface area contributed by atoms with Gasteiger partial charge in [0.1, 0.15) is 6.10 Å². The summed E-state index contributed by atoms with van der Waals surface area (Å²) in [5.74, 6) is 0. The van der Waals surface area contributed by atoms with Crippen LogP contribution in [0.1, 0.15) is 13.3 Å². The molecule has 1 aliphatic rings. The predicted octanol–water partition coefficient (Wildman–Crippen LogP) is -0.550. The van der Waals surface area contributed by atoms with E-state index >= 15 is 0 Å². The first-order chi connectivity index (χ1) is 6.27. The lowest BCUT2D eigenvalue weighted by Crippen LogP contribution is -2.48. The van der Waals surface area contributed by atoms with Gasteiger partial charge >= 0.3 is 0 Å². The molecule has 4 heteroatoms. The van der Waals surface area contributed by atoms with Crippen molar-refractivity contribution in [3.05, 3.63) is 0 Å². The first-order valence-electron chi connectivity index (χ1n) is 4.90. The zero-order chi connectivity index (χ0) is 9.68. The van der Waals surface area contributed by atoms with Crippen molar-refractivity contribution in [2.24, 2.45) is 0 Å². The molecule has 0 bridgehead atoms. The Kier molecular flexibility index (Phi) is 4.66. The Morgan fingerprint density at radius 3 is 3.00 bits per heavy atom. The zero-order valence-electron chi connectivity index (χ0n) is 8.15. The number of hydrogen-bond acceptors (Lipinski definition) is 4. The summed E-state index contributed by atoms with van der Waals surface area (Å²) in [5, 5.41) is 18.1. The van der Waals surface area contributed by atoms with Crippen molar-refractivity contribution in [1.82, 2.24) is 4.90 Å². The maximum Gasteiger partial charge on any atom is 0.104 e. The van der Waals surface area contributed by atoms with Gasteiger partial charge in [0, 0.05) is 13.1 Å². The molecule has 0 radical (unpaired) electrons. The van der Waals surface area contributed by atoms with Crippen LogP contribution in [0.25, 0.3) is 0 Å². The molecule has 4 nitrogen and oxygen atoms in total. The summed E-state index contributed by atoms with van der Waals surface area (Å²) < 4.78 is 5.36. The number of morpholine rings is 1. The highest BCUT2D eigenvalue weighted by molar-refractivity contribution is 4.76. The molecule has 1 rings (SSSR count). The molecule has 0 amide bonds. The molecule has 2 atom stereocenters. The Labute approximate surface area is 79.1 Å². The summed E-state index contributed by atoms with van der Waals surface area (Å²) in [7, 11) is 0. The molecule has 0 spiro atoms. The van der Waals surface area contributed by atoms with Crippen molar-refractivity contribution in [2.75, 3.05) is 32.8 Å². The van der Waals surface area contributed by atoms with Crippen LogP contribution >= 0.6 is 0 Å². The Morgan fingerprint density at radius 1 is 1.62 bits per heavy atom. The highest BCUT2D eigenvalue weighted by atomic mass is 16.5. The lowest BCUT2D eigenvalue weighted by molar-refractivity contribution is -0.101. The van der Waals surface area contributed by atoms with Gasteiger partial charge in [-0.2, -0.15) is 0 Å². The number of aliphatic hydroxyl groups excluding tert-OH is 2. The molecule has 0 aromatic heterocycles. The van der Waals surface area contributed by atoms with Gasteiger partial charge < -0.3 is 14.9 Å². The molecule has 0 aromatic rings. The topological polar surface area (TPSA) is 52.9 Å². The Bertz CT molecular complexity index is 141. The molecule has 1 fully saturated rings. The third-order valence-corrected chi connectivity index (χ3v) is 2.33. The molecule has 78 valence electrons. The van der Waals surface area contributed by atoms with Crippen molar-refractivity contribution in [1.29, 1.82) is 0 Å². The van der Waals surface area contributed by atoms with Gasteiger partial charge in [0.25, 0.3) is 0 Å². The van der Waals surface area contributed by atoms with Crippen molar-refractivity contribution in [2.45, 2.75) is 25.6 Å². The van der Waals surface area contributed by atoms with Gasteiger partial charge in [0.15, 0.2) is 0 Å². The average Bonchev–Trinajstić information content (AvgIpc) is 2.18. The smallest absolute Gasteiger partial charge is 0.104 e. The highest BCUT2D eigenvalue weighted by Crippen LogP contribution is 2.08. The van der Waals surface area contributed by atoms with E-state index < -0.39 is 6.10 Å². The van der Waals surface area contributed by atoms with Crippen LogP contribution in [0.15, 0.2) is 0 Å². The molecule has 13 heavy (non-hydrogen) atoms. The van der Waals surface area contributed by atoms with E-state index in [9.17, 15) is 5.11 Å². The summed E-state index contributed by atoms with van der Waals surface area (Å²) in [6.45, 7) is 5.27. The van der Waals surface area contributed by atoms with E-state index in [-0.39, 0.29) is 12.7 Å². The largest absolute Gasteiger partial charge is 0.394 e. The van der Waals surface area contributed by atoms with Gasteiger partial charge in [-0.05, 0) is 13.0 Å². The lowest BCUT2D eigenvalue weighted by atomic mass is 10.1. The average molecular weight is 189 g/mol.